The molecule has 1 N–H and O–H groups in total. The Morgan fingerprint density at radius 1 is 1.19 bits per heavy atom. The van der Waals surface area contributed by atoms with Crippen LogP contribution in [0.25, 0.3) is 11.0 Å². The van der Waals surface area contributed by atoms with Gasteiger partial charge in [0.25, 0.3) is 0 Å². The lowest BCUT2D eigenvalue weighted by Gasteiger charge is -2.17. The molecule has 0 spiro atoms. The molecule has 1 aromatic heterocycles. The van der Waals surface area contributed by atoms with Gasteiger partial charge in [-0.25, -0.2) is 4.98 Å². The van der Waals surface area contributed by atoms with Crippen LogP contribution in [0.2, 0.25) is 0 Å². The SMILES string of the molecule is CCCC(=O)NC(C)c1nc2ccccc2n1Cc1cc(C)ccc1C. The lowest BCUT2D eigenvalue weighted by molar-refractivity contribution is -0.121. The maximum Gasteiger partial charge on any atom is 0.220 e. The molecule has 136 valence electrons. The van der Waals surface area contributed by atoms with Crippen LogP contribution in [0.1, 0.15) is 55.2 Å². The third-order valence-electron chi connectivity index (χ3n) is 4.76. The molecule has 3 rings (SSSR count). The number of carbonyl (C=O) groups excluding carboxylic acids is 1. The van der Waals surface area contributed by atoms with Crippen molar-refractivity contribution in [3.63, 3.8) is 0 Å². The Hall–Kier alpha value is -2.62. The van der Waals surface area contributed by atoms with Crippen molar-refractivity contribution in [2.45, 2.75) is 53.1 Å². The Bertz CT molecular complexity index is 926. The molecule has 0 aliphatic heterocycles. The van der Waals surface area contributed by atoms with Gasteiger partial charge >= 0.3 is 0 Å². The van der Waals surface area contributed by atoms with Gasteiger partial charge in [-0.1, -0.05) is 42.8 Å². The van der Waals surface area contributed by atoms with Gasteiger partial charge in [-0.3, -0.25) is 4.79 Å². The number of fused-ring (bicyclic) bond motifs is 1. The van der Waals surface area contributed by atoms with Crippen LogP contribution in [0, 0.1) is 13.8 Å². The van der Waals surface area contributed by atoms with E-state index in [1.165, 1.54) is 16.7 Å². The van der Waals surface area contributed by atoms with Crippen molar-refractivity contribution < 1.29 is 4.79 Å². The second-order valence-electron chi connectivity index (χ2n) is 7.01. The number of nitrogens with one attached hydrogen (secondary N) is 1. The number of aromatic nitrogens is 2. The molecular weight excluding hydrogens is 322 g/mol. The van der Waals surface area contributed by atoms with Gasteiger partial charge in [0.05, 0.1) is 17.1 Å². The minimum absolute atomic E-state index is 0.0744. The van der Waals surface area contributed by atoms with Gasteiger partial charge in [0.2, 0.25) is 5.91 Å². The van der Waals surface area contributed by atoms with Crippen molar-refractivity contribution in [1.82, 2.24) is 14.9 Å². The second kappa shape index (κ2) is 7.73. The molecule has 1 amide bonds. The molecule has 4 heteroatoms. The fourth-order valence-electron chi connectivity index (χ4n) is 3.34. The monoisotopic (exact) mass is 349 g/mol. The van der Waals surface area contributed by atoms with Gasteiger partial charge in [-0.15, -0.1) is 0 Å². The number of benzene rings is 2. The van der Waals surface area contributed by atoms with Crippen molar-refractivity contribution in [2.75, 3.05) is 0 Å². The van der Waals surface area contributed by atoms with Crippen molar-refractivity contribution in [2.24, 2.45) is 0 Å². The van der Waals surface area contributed by atoms with Crippen LogP contribution in [-0.4, -0.2) is 15.5 Å². The molecule has 2 aromatic carbocycles. The highest BCUT2D eigenvalue weighted by Gasteiger charge is 2.18. The fraction of sp³-hybridized carbons (Fsp3) is 0.364. The number of hydrogen-bond acceptors (Lipinski definition) is 2. The molecular formula is C22H27N3O. The number of amides is 1. The average molecular weight is 349 g/mol. The zero-order valence-corrected chi connectivity index (χ0v) is 16.0. The van der Waals surface area contributed by atoms with Crippen LogP contribution >= 0.6 is 0 Å². The summed E-state index contributed by atoms with van der Waals surface area (Å²) in [4.78, 5) is 16.9. The highest BCUT2D eigenvalue weighted by Crippen LogP contribution is 2.23. The molecule has 0 radical (unpaired) electrons. The lowest BCUT2D eigenvalue weighted by Crippen LogP contribution is -2.28. The Balaban J connectivity index is 2.02. The van der Waals surface area contributed by atoms with Crippen molar-refractivity contribution in [1.29, 1.82) is 0 Å². The average Bonchev–Trinajstić information content (AvgIpc) is 2.97. The van der Waals surface area contributed by atoms with Gasteiger partial charge in [-0.05, 0) is 50.5 Å². The molecule has 0 fully saturated rings. The summed E-state index contributed by atoms with van der Waals surface area (Å²) in [5.41, 5.74) is 5.86. The zero-order chi connectivity index (χ0) is 18.7. The Labute approximate surface area is 155 Å². The topological polar surface area (TPSA) is 46.9 Å². The summed E-state index contributed by atoms with van der Waals surface area (Å²) in [6.45, 7) is 9.02. The summed E-state index contributed by atoms with van der Waals surface area (Å²) in [6, 6.07) is 14.6. The van der Waals surface area contributed by atoms with E-state index in [0.717, 1.165) is 29.8 Å². The summed E-state index contributed by atoms with van der Waals surface area (Å²) in [5, 5.41) is 3.09. The minimum Gasteiger partial charge on any atom is -0.346 e. The summed E-state index contributed by atoms with van der Waals surface area (Å²) in [6.07, 6.45) is 1.39. The van der Waals surface area contributed by atoms with E-state index in [1.54, 1.807) is 0 Å². The summed E-state index contributed by atoms with van der Waals surface area (Å²) >= 11 is 0. The first-order chi connectivity index (χ1) is 12.5. The van der Waals surface area contributed by atoms with E-state index < -0.39 is 0 Å². The van der Waals surface area contributed by atoms with Crippen LogP contribution < -0.4 is 5.32 Å². The Kier molecular flexibility index (Phi) is 5.40. The third-order valence-corrected chi connectivity index (χ3v) is 4.76. The highest BCUT2D eigenvalue weighted by atomic mass is 16.1. The number of aryl methyl sites for hydroxylation is 2. The standard InChI is InChI=1S/C22H27N3O/c1-5-8-21(26)23-17(4)22-24-19-9-6-7-10-20(19)25(22)14-18-13-15(2)11-12-16(18)3/h6-7,9-13,17H,5,8,14H2,1-4H3,(H,23,26). The molecule has 0 aliphatic carbocycles. The van der Waals surface area contributed by atoms with Gasteiger partial charge in [0.1, 0.15) is 5.82 Å². The van der Waals surface area contributed by atoms with Crippen LogP contribution in [0.3, 0.4) is 0 Å². The first-order valence-electron chi connectivity index (χ1n) is 9.30. The van der Waals surface area contributed by atoms with E-state index in [1.807, 2.05) is 32.0 Å². The number of nitrogens with zero attached hydrogens (tertiary/aromatic N) is 2. The van der Waals surface area contributed by atoms with E-state index in [9.17, 15) is 4.79 Å². The first-order valence-corrected chi connectivity index (χ1v) is 9.30. The van der Waals surface area contributed by atoms with E-state index in [-0.39, 0.29) is 11.9 Å². The maximum atomic E-state index is 12.1. The van der Waals surface area contributed by atoms with E-state index in [0.29, 0.717) is 6.42 Å². The van der Waals surface area contributed by atoms with Crippen LogP contribution in [0.4, 0.5) is 0 Å². The normalized spacial score (nSPS) is 12.3. The molecule has 0 saturated carbocycles. The van der Waals surface area contributed by atoms with Gasteiger partial charge in [0.15, 0.2) is 0 Å². The van der Waals surface area contributed by atoms with Crippen LogP contribution in [0.15, 0.2) is 42.5 Å². The first kappa shape index (κ1) is 18.2. The Morgan fingerprint density at radius 2 is 1.96 bits per heavy atom. The second-order valence-corrected chi connectivity index (χ2v) is 7.01. The number of para-hydroxylation sites is 2. The van der Waals surface area contributed by atoms with E-state index in [4.69, 9.17) is 4.98 Å². The predicted octanol–water partition coefficient (Wildman–Crippen LogP) is 4.68. The quantitative estimate of drug-likeness (QED) is 0.702. The molecule has 3 aromatic rings. The van der Waals surface area contributed by atoms with Crippen LogP contribution in [-0.2, 0) is 11.3 Å². The summed E-state index contributed by atoms with van der Waals surface area (Å²) in [7, 11) is 0. The van der Waals surface area contributed by atoms with E-state index in [2.05, 4.69) is 48.0 Å². The molecule has 0 saturated heterocycles. The maximum absolute atomic E-state index is 12.1. The van der Waals surface area contributed by atoms with Crippen molar-refractivity contribution in [3.05, 3.63) is 65.0 Å². The minimum atomic E-state index is -0.133. The van der Waals surface area contributed by atoms with Crippen molar-refractivity contribution >= 4 is 16.9 Å². The van der Waals surface area contributed by atoms with Gasteiger partial charge in [-0.2, -0.15) is 0 Å². The van der Waals surface area contributed by atoms with Crippen molar-refractivity contribution in [3.8, 4) is 0 Å². The Morgan fingerprint density at radius 3 is 2.73 bits per heavy atom. The zero-order valence-electron chi connectivity index (χ0n) is 16.0. The number of imidazole rings is 1. The van der Waals surface area contributed by atoms with Crippen LogP contribution in [0.5, 0.6) is 0 Å². The number of carbonyl (C=O) groups is 1. The van der Waals surface area contributed by atoms with Gasteiger partial charge < -0.3 is 9.88 Å². The molecule has 4 nitrogen and oxygen atoms in total. The van der Waals surface area contributed by atoms with Gasteiger partial charge in [0, 0.05) is 13.0 Å². The highest BCUT2D eigenvalue weighted by molar-refractivity contribution is 5.78. The lowest BCUT2D eigenvalue weighted by atomic mass is 10.1. The number of hydrogen-bond donors (Lipinski definition) is 1. The molecule has 1 heterocycles. The predicted molar refractivity (Wildman–Crippen MR) is 106 cm³/mol. The summed E-state index contributed by atoms with van der Waals surface area (Å²) in [5.74, 6) is 0.974. The smallest absolute Gasteiger partial charge is 0.220 e. The largest absolute Gasteiger partial charge is 0.346 e. The molecule has 0 aliphatic rings. The summed E-state index contributed by atoms with van der Waals surface area (Å²) < 4.78 is 2.23. The molecule has 0 bridgehead atoms. The molecule has 1 atom stereocenters. The molecule has 26 heavy (non-hydrogen) atoms. The van der Waals surface area contributed by atoms with E-state index >= 15 is 0 Å². The molecule has 1 unspecified atom stereocenters. The fourth-order valence-corrected chi connectivity index (χ4v) is 3.34. The number of rotatable bonds is 6. The third kappa shape index (κ3) is 3.79.